The lowest BCUT2D eigenvalue weighted by molar-refractivity contribution is 0.0957. The molecule has 0 aliphatic heterocycles. The van der Waals surface area contributed by atoms with E-state index in [1.165, 1.54) is 11.3 Å². The van der Waals surface area contributed by atoms with Crippen LogP contribution in [0.2, 0.25) is 0 Å². The number of hydrogen-bond donors (Lipinski definition) is 1. The van der Waals surface area contributed by atoms with Crippen molar-refractivity contribution < 1.29 is 9.53 Å². The fourth-order valence-electron chi connectivity index (χ4n) is 3.46. The highest BCUT2D eigenvalue weighted by atomic mass is 32.1. The van der Waals surface area contributed by atoms with Gasteiger partial charge in [0.1, 0.15) is 10.6 Å². The Bertz CT molecular complexity index is 1260. The van der Waals surface area contributed by atoms with Crippen LogP contribution in [0, 0.1) is 6.92 Å². The van der Waals surface area contributed by atoms with Gasteiger partial charge in [-0.15, -0.1) is 11.3 Å². The van der Waals surface area contributed by atoms with Crippen LogP contribution in [0.5, 0.6) is 5.75 Å². The first-order valence-corrected chi connectivity index (χ1v) is 10.8. The molecule has 31 heavy (non-hydrogen) atoms. The summed E-state index contributed by atoms with van der Waals surface area (Å²) < 4.78 is 6.75. The second-order valence-corrected chi connectivity index (χ2v) is 8.25. The SMILES string of the molecule is COc1ccc(CCNC(=O)c2sc3ncn(Cc4ccccc4)c(=O)c3c2C)cc1. The van der Waals surface area contributed by atoms with Crippen LogP contribution >= 0.6 is 11.3 Å². The highest BCUT2D eigenvalue weighted by Crippen LogP contribution is 2.26. The van der Waals surface area contributed by atoms with Gasteiger partial charge in [0, 0.05) is 6.54 Å². The average molecular weight is 434 g/mol. The normalized spacial score (nSPS) is 10.9. The van der Waals surface area contributed by atoms with Crippen molar-refractivity contribution in [3.63, 3.8) is 0 Å². The van der Waals surface area contributed by atoms with Crippen LogP contribution in [-0.4, -0.2) is 29.1 Å². The van der Waals surface area contributed by atoms with Crippen molar-refractivity contribution in [3.8, 4) is 5.75 Å². The van der Waals surface area contributed by atoms with Gasteiger partial charge in [0.2, 0.25) is 0 Å². The van der Waals surface area contributed by atoms with Gasteiger partial charge in [-0.3, -0.25) is 14.2 Å². The van der Waals surface area contributed by atoms with Crippen LogP contribution in [0.25, 0.3) is 10.2 Å². The summed E-state index contributed by atoms with van der Waals surface area (Å²) in [4.78, 5) is 31.3. The molecular formula is C24H23N3O3S. The van der Waals surface area contributed by atoms with Gasteiger partial charge >= 0.3 is 0 Å². The van der Waals surface area contributed by atoms with Gasteiger partial charge in [-0.05, 0) is 42.2 Å². The molecule has 0 radical (unpaired) electrons. The fourth-order valence-corrected chi connectivity index (χ4v) is 4.52. The van der Waals surface area contributed by atoms with E-state index in [1.54, 1.807) is 18.0 Å². The van der Waals surface area contributed by atoms with Crippen molar-refractivity contribution in [2.45, 2.75) is 19.9 Å². The molecule has 0 atom stereocenters. The molecular weight excluding hydrogens is 410 g/mol. The number of amides is 1. The predicted octanol–water partition coefficient (Wildman–Crippen LogP) is 3.80. The fraction of sp³-hybridized carbons (Fsp3) is 0.208. The van der Waals surface area contributed by atoms with Crippen molar-refractivity contribution in [2.24, 2.45) is 0 Å². The molecule has 0 unspecified atom stereocenters. The number of thiophene rings is 1. The number of methoxy groups -OCH3 is 1. The molecule has 4 rings (SSSR count). The van der Waals surface area contributed by atoms with Gasteiger partial charge in [0.15, 0.2) is 0 Å². The molecule has 6 nitrogen and oxygen atoms in total. The number of hydrogen-bond acceptors (Lipinski definition) is 5. The van der Waals surface area contributed by atoms with Gasteiger partial charge in [-0.25, -0.2) is 4.98 Å². The van der Waals surface area contributed by atoms with Crippen LogP contribution in [0.4, 0.5) is 0 Å². The minimum atomic E-state index is -0.178. The number of ether oxygens (including phenoxy) is 1. The number of rotatable bonds is 7. The lowest BCUT2D eigenvalue weighted by Crippen LogP contribution is -2.25. The zero-order valence-corrected chi connectivity index (χ0v) is 18.2. The summed E-state index contributed by atoms with van der Waals surface area (Å²) >= 11 is 1.26. The summed E-state index contributed by atoms with van der Waals surface area (Å²) in [6, 6.07) is 17.5. The maximum atomic E-state index is 13.0. The third-order valence-electron chi connectivity index (χ3n) is 5.18. The number of nitrogens with one attached hydrogen (secondary N) is 1. The minimum Gasteiger partial charge on any atom is -0.497 e. The molecule has 1 amide bonds. The van der Waals surface area contributed by atoms with E-state index in [0.717, 1.165) is 16.9 Å². The van der Waals surface area contributed by atoms with Crippen molar-refractivity contribution in [2.75, 3.05) is 13.7 Å². The predicted molar refractivity (Wildman–Crippen MR) is 123 cm³/mol. The monoisotopic (exact) mass is 433 g/mol. The van der Waals surface area contributed by atoms with Crippen molar-refractivity contribution in [3.05, 3.63) is 92.8 Å². The molecule has 4 aromatic rings. The largest absolute Gasteiger partial charge is 0.497 e. The molecule has 0 aliphatic rings. The van der Waals surface area contributed by atoms with E-state index >= 15 is 0 Å². The Morgan fingerprint density at radius 2 is 1.84 bits per heavy atom. The van der Waals surface area contributed by atoms with E-state index in [4.69, 9.17) is 4.74 Å². The standard InChI is InChI=1S/C24H23N3O3S/c1-16-20-23(26-15-27(24(20)29)14-18-6-4-3-5-7-18)31-21(16)22(28)25-13-12-17-8-10-19(30-2)11-9-17/h3-11,15H,12-14H2,1-2H3,(H,25,28). The first kappa shape index (κ1) is 20.8. The first-order valence-electron chi connectivity index (χ1n) is 10.0. The smallest absolute Gasteiger partial charge is 0.262 e. The van der Waals surface area contributed by atoms with Crippen LogP contribution < -0.4 is 15.6 Å². The molecule has 0 aliphatic carbocycles. The molecule has 2 aromatic carbocycles. The highest BCUT2D eigenvalue weighted by molar-refractivity contribution is 7.20. The van der Waals surface area contributed by atoms with E-state index in [-0.39, 0.29) is 11.5 Å². The second kappa shape index (κ2) is 9.14. The molecule has 2 heterocycles. The molecule has 0 saturated carbocycles. The highest BCUT2D eigenvalue weighted by Gasteiger charge is 2.19. The Kier molecular flexibility index (Phi) is 6.13. The van der Waals surface area contributed by atoms with Gasteiger partial charge in [-0.1, -0.05) is 42.5 Å². The Morgan fingerprint density at radius 3 is 2.55 bits per heavy atom. The minimum absolute atomic E-state index is 0.125. The number of carbonyl (C=O) groups is 1. The molecule has 7 heteroatoms. The van der Waals surface area contributed by atoms with Gasteiger partial charge < -0.3 is 10.1 Å². The lowest BCUT2D eigenvalue weighted by atomic mass is 10.1. The summed E-state index contributed by atoms with van der Waals surface area (Å²) in [5.41, 5.74) is 2.69. The van der Waals surface area contributed by atoms with E-state index in [2.05, 4.69) is 10.3 Å². The molecule has 0 spiro atoms. The summed E-state index contributed by atoms with van der Waals surface area (Å²) in [5.74, 6) is 0.627. The summed E-state index contributed by atoms with van der Waals surface area (Å²) in [5, 5.41) is 3.47. The number of aryl methyl sites for hydroxylation is 1. The third-order valence-corrected chi connectivity index (χ3v) is 6.38. The van der Waals surface area contributed by atoms with E-state index in [0.29, 0.717) is 40.2 Å². The molecule has 2 aromatic heterocycles. The second-order valence-electron chi connectivity index (χ2n) is 7.25. The van der Waals surface area contributed by atoms with Crippen molar-refractivity contribution in [1.82, 2.24) is 14.9 Å². The quantitative estimate of drug-likeness (QED) is 0.481. The topological polar surface area (TPSA) is 73.2 Å². The Balaban J connectivity index is 1.49. The average Bonchev–Trinajstić information content (AvgIpc) is 3.14. The maximum Gasteiger partial charge on any atom is 0.262 e. The molecule has 158 valence electrons. The maximum absolute atomic E-state index is 13.0. The van der Waals surface area contributed by atoms with Crippen LogP contribution in [-0.2, 0) is 13.0 Å². The summed E-state index contributed by atoms with van der Waals surface area (Å²) in [7, 11) is 1.63. The Labute approximate surface area is 184 Å². The molecule has 0 saturated heterocycles. The van der Waals surface area contributed by atoms with Gasteiger partial charge in [0.25, 0.3) is 11.5 Å². The van der Waals surface area contributed by atoms with E-state index in [1.807, 2.05) is 61.5 Å². The van der Waals surface area contributed by atoms with Gasteiger partial charge in [-0.2, -0.15) is 0 Å². The Morgan fingerprint density at radius 1 is 1.10 bits per heavy atom. The van der Waals surface area contributed by atoms with Crippen LogP contribution in [0.3, 0.4) is 0 Å². The van der Waals surface area contributed by atoms with Crippen LogP contribution in [0.1, 0.15) is 26.4 Å². The van der Waals surface area contributed by atoms with E-state index in [9.17, 15) is 9.59 Å². The summed E-state index contributed by atoms with van der Waals surface area (Å²) in [6.07, 6.45) is 2.26. The zero-order valence-electron chi connectivity index (χ0n) is 17.4. The Hall–Kier alpha value is -3.45. The zero-order chi connectivity index (χ0) is 21.8. The van der Waals surface area contributed by atoms with Crippen molar-refractivity contribution in [1.29, 1.82) is 0 Å². The number of carbonyl (C=O) groups excluding carboxylic acids is 1. The molecule has 0 bridgehead atoms. The number of nitrogens with zero attached hydrogens (tertiary/aromatic N) is 2. The number of benzene rings is 2. The van der Waals surface area contributed by atoms with Crippen molar-refractivity contribution >= 4 is 27.5 Å². The van der Waals surface area contributed by atoms with E-state index < -0.39 is 0 Å². The van der Waals surface area contributed by atoms with Gasteiger partial charge in [0.05, 0.1) is 30.2 Å². The molecule has 1 N–H and O–H groups in total. The molecule has 0 fully saturated rings. The lowest BCUT2D eigenvalue weighted by Gasteiger charge is -2.06. The number of fused-ring (bicyclic) bond motifs is 1. The first-order chi connectivity index (χ1) is 15.1. The number of aromatic nitrogens is 2. The third kappa shape index (κ3) is 4.51. The van der Waals surface area contributed by atoms with Crippen LogP contribution in [0.15, 0.2) is 65.7 Å². The summed E-state index contributed by atoms with van der Waals surface area (Å²) in [6.45, 7) is 2.76.